The lowest BCUT2D eigenvalue weighted by atomic mass is 9.61. The maximum Gasteiger partial charge on any atom is 0.102 e. The fourth-order valence-corrected chi connectivity index (χ4v) is 3.38. The van der Waals surface area contributed by atoms with Crippen molar-refractivity contribution in [1.29, 1.82) is 0 Å². The molecule has 15 heavy (non-hydrogen) atoms. The largest absolute Gasteiger partial charge is 0.391 e. The highest BCUT2D eigenvalue weighted by atomic mass is 16.5. The molecule has 0 radical (unpaired) electrons. The molecule has 0 aliphatic heterocycles. The van der Waals surface area contributed by atoms with Crippen LogP contribution < -0.4 is 0 Å². The minimum absolute atomic E-state index is 0.285. The molecule has 0 aromatic rings. The third kappa shape index (κ3) is 1.17. The molecule has 3 aliphatic rings. The van der Waals surface area contributed by atoms with E-state index in [1.165, 1.54) is 19.3 Å². The van der Waals surface area contributed by atoms with Gasteiger partial charge < -0.3 is 14.9 Å². The molecule has 0 amide bonds. The summed E-state index contributed by atoms with van der Waals surface area (Å²) < 4.78 is 5.93. The number of rotatable bonds is 4. The highest BCUT2D eigenvalue weighted by Gasteiger charge is 2.77. The van der Waals surface area contributed by atoms with E-state index in [1.807, 2.05) is 0 Å². The molecule has 0 aromatic heterocycles. The summed E-state index contributed by atoms with van der Waals surface area (Å²) in [6, 6.07) is 0. The molecule has 3 nitrogen and oxygen atoms in total. The second kappa shape index (κ2) is 2.76. The van der Waals surface area contributed by atoms with E-state index in [1.54, 1.807) is 6.92 Å². The van der Waals surface area contributed by atoms with E-state index in [-0.39, 0.29) is 11.0 Å². The van der Waals surface area contributed by atoms with Crippen LogP contribution in [0.2, 0.25) is 0 Å². The van der Waals surface area contributed by atoms with Crippen LogP contribution in [0, 0.1) is 5.41 Å². The van der Waals surface area contributed by atoms with Crippen molar-refractivity contribution in [3.8, 4) is 0 Å². The SMILES string of the molecule is CC(O)COC1(C2(O)CC2)CCC12CC2. The third-order valence-corrected chi connectivity index (χ3v) is 4.71. The Morgan fingerprint density at radius 3 is 2.07 bits per heavy atom. The van der Waals surface area contributed by atoms with E-state index in [2.05, 4.69) is 0 Å². The van der Waals surface area contributed by atoms with Gasteiger partial charge in [-0.25, -0.2) is 0 Å². The normalized spacial score (nSPS) is 41.0. The van der Waals surface area contributed by atoms with Crippen molar-refractivity contribution in [3.63, 3.8) is 0 Å². The summed E-state index contributed by atoms with van der Waals surface area (Å²) in [5, 5.41) is 19.7. The molecule has 1 spiro atoms. The topological polar surface area (TPSA) is 49.7 Å². The Labute approximate surface area is 90.4 Å². The smallest absolute Gasteiger partial charge is 0.102 e. The Kier molecular flexibility index (Phi) is 1.85. The Balaban J connectivity index is 1.77. The van der Waals surface area contributed by atoms with Crippen molar-refractivity contribution in [2.24, 2.45) is 5.41 Å². The van der Waals surface area contributed by atoms with Crippen LogP contribution in [0.25, 0.3) is 0 Å². The predicted molar refractivity (Wildman–Crippen MR) is 55.4 cm³/mol. The van der Waals surface area contributed by atoms with Gasteiger partial charge in [-0.15, -0.1) is 0 Å². The van der Waals surface area contributed by atoms with Crippen molar-refractivity contribution < 1.29 is 14.9 Å². The Morgan fingerprint density at radius 1 is 1.13 bits per heavy atom. The van der Waals surface area contributed by atoms with E-state index < -0.39 is 11.7 Å². The lowest BCUT2D eigenvalue weighted by Crippen LogP contribution is -2.61. The van der Waals surface area contributed by atoms with E-state index >= 15 is 0 Å². The van der Waals surface area contributed by atoms with E-state index in [4.69, 9.17) is 4.74 Å². The molecule has 3 aliphatic carbocycles. The minimum Gasteiger partial charge on any atom is -0.391 e. The van der Waals surface area contributed by atoms with Crippen LogP contribution in [0.4, 0.5) is 0 Å². The van der Waals surface area contributed by atoms with Crippen molar-refractivity contribution in [3.05, 3.63) is 0 Å². The van der Waals surface area contributed by atoms with Crippen LogP contribution in [0.3, 0.4) is 0 Å². The molecule has 2 atom stereocenters. The highest BCUT2D eigenvalue weighted by molar-refractivity contribution is 5.28. The molecule has 3 fully saturated rings. The average Bonchev–Trinajstić information content (AvgIpc) is 2.97. The summed E-state index contributed by atoms with van der Waals surface area (Å²) in [5.74, 6) is 0. The Morgan fingerprint density at radius 2 is 1.73 bits per heavy atom. The Hall–Kier alpha value is -0.120. The van der Waals surface area contributed by atoms with Crippen molar-refractivity contribution in [2.75, 3.05) is 6.61 Å². The van der Waals surface area contributed by atoms with Gasteiger partial charge in [0, 0.05) is 5.41 Å². The van der Waals surface area contributed by atoms with Gasteiger partial charge in [0.1, 0.15) is 5.60 Å². The lowest BCUT2D eigenvalue weighted by molar-refractivity contribution is -0.237. The van der Waals surface area contributed by atoms with Gasteiger partial charge in [-0.05, 0) is 45.4 Å². The molecule has 0 aromatic carbocycles. The fraction of sp³-hybridized carbons (Fsp3) is 1.00. The molecule has 0 bridgehead atoms. The summed E-state index contributed by atoms with van der Waals surface area (Å²) in [7, 11) is 0. The van der Waals surface area contributed by atoms with Crippen LogP contribution >= 0.6 is 0 Å². The van der Waals surface area contributed by atoms with Gasteiger partial charge in [-0.3, -0.25) is 0 Å². The zero-order valence-electron chi connectivity index (χ0n) is 9.33. The molecule has 0 saturated heterocycles. The first kappa shape index (κ1) is 10.1. The van der Waals surface area contributed by atoms with Crippen LogP contribution in [-0.4, -0.2) is 34.1 Å². The summed E-state index contributed by atoms with van der Waals surface area (Å²) in [6.45, 7) is 2.10. The summed E-state index contributed by atoms with van der Waals surface area (Å²) in [4.78, 5) is 0. The second-order valence-corrected chi connectivity index (χ2v) is 5.80. The first-order valence-electron chi connectivity index (χ1n) is 6.08. The molecule has 0 heterocycles. The fourth-order valence-electron chi connectivity index (χ4n) is 3.38. The zero-order valence-corrected chi connectivity index (χ0v) is 9.33. The van der Waals surface area contributed by atoms with Gasteiger partial charge in [-0.1, -0.05) is 0 Å². The average molecular weight is 212 g/mol. The standard InChI is InChI=1S/C12H20O3/c1-9(13)8-15-12(11(14)5-6-11)7-4-10(12)2-3-10/h9,13-14H,2-8H2,1H3. The molecule has 2 unspecified atom stereocenters. The van der Waals surface area contributed by atoms with Crippen LogP contribution in [0.1, 0.15) is 45.4 Å². The van der Waals surface area contributed by atoms with E-state index in [0.717, 1.165) is 19.3 Å². The highest BCUT2D eigenvalue weighted by Crippen LogP contribution is 2.74. The van der Waals surface area contributed by atoms with Gasteiger partial charge in [0.2, 0.25) is 0 Å². The maximum atomic E-state index is 10.4. The summed E-state index contributed by atoms with van der Waals surface area (Å²) in [6.07, 6.45) is 5.93. The lowest BCUT2D eigenvalue weighted by Gasteiger charge is -2.54. The molecular weight excluding hydrogens is 192 g/mol. The molecule has 2 N–H and O–H groups in total. The zero-order chi connectivity index (χ0) is 10.7. The minimum atomic E-state index is -0.559. The number of hydrogen-bond donors (Lipinski definition) is 2. The van der Waals surface area contributed by atoms with E-state index in [0.29, 0.717) is 6.61 Å². The van der Waals surface area contributed by atoms with Gasteiger partial charge in [-0.2, -0.15) is 0 Å². The number of aliphatic hydroxyl groups is 2. The van der Waals surface area contributed by atoms with Gasteiger partial charge in [0.25, 0.3) is 0 Å². The third-order valence-electron chi connectivity index (χ3n) is 4.71. The monoisotopic (exact) mass is 212 g/mol. The molecule has 3 saturated carbocycles. The first-order chi connectivity index (χ1) is 7.04. The maximum absolute atomic E-state index is 10.4. The molecule has 3 rings (SSSR count). The molecule has 86 valence electrons. The van der Waals surface area contributed by atoms with Crippen molar-refractivity contribution in [1.82, 2.24) is 0 Å². The number of hydrogen-bond acceptors (Lipinski definition) is 3. The predicted octanol–water partition coefficient (Wildman–Crippen LogP) is 1.22. The number of aliphatic hydroxyl groups excluding tert-OH is 1. The van der Waals surface area contributed by atoms with Crippen molar-refractivity contribution in [2.45, 2.75) is 62.8 Å². The van der Waals surface area contributed by atoms with Crippen molar-refractivity contribution >= 4 is 0 Å². The quantitative estimate of drug-likeness (QED) is 0.736. The second-order valence-electron chi connectivity index (χ2n) is 5.80. The van der Waals surface area contributed by atoms with E-state index in [9.17, 15) is 10.2 Å². The van der Waals surface area contributed by atoms with Gasteiger partial charge >= 0.3 is 0 Å². The number of ether oxygens (including phenoxy) is 1. The van der Waals surface area contributed by atoms with Crippen LogP contribution in [-0.2, 0) is 4.74 Å². The Bertz CT molecular complexity index is 265. The first-order valence-corrected chi connectivity index (χ1v) is 6.08. The summed E-state index contributed by atoms with van der Waals surface area (Å²) in [5.41, 5.74) is -0.569. The van der Waals surface area contributed by atoms with Crippen LogP contribution in [0.15, 0.2) is 0 Å². The van der Waals surface area contributed by atoms with Crippen LogP contribution in [0.5, 0.6) is 0 Å². The molecular formula is C12H20O3. The summed E-state index contributed by atoms with van der Waals surface area (Å²) >= 11 is 0. The van der Waals surface area contributed by atoms with Gasteiger partial charge in [0.05, 0.1) is 18.3 Å². The molecule has 3 heteroatoms. The van der Waals surface area contributed by atoms with Gasteiger partial charge in [0.15, 0.2) is 0 Å².